The summed E-state index contributed by atoms with van der Waals surface area (Å²) in [6.07, 6.45) is 1.77. The summed E-state index contributed by atoms with van der Waals surface area (Å²) >= 11 is 12.7. The second kappa shape index (κ2) is 13.2. The lowest BCUT2D eigenvalue weighted by atomic mass is 9.53. The first-order valence-corrected chi connectivity index (χ1v) is 17.7. The molecule has 2 fully saturated rings. The Hall–Kier alpha value is -5.92. The predicted molar refractivity (Wildman–Crippen MR) is 200 cm³/mol. The van der Waals surface area contributed by atoms with Gasteiger partial charge in [0.05, 0.1) is 61.6 Å². The van der Waals surface area contributed by atoms with Gasteiger partial charge in [-0.1, -0.05) is 59.6 Å². The topological polar surface area (TPSA) is 146 Å². The number of amides is 2. The quantitative estimate of drug-likeness (QED) is 0.155. The molecule has 1 saturated carbocycles. The Morgan fingerprint density at radius 3 is 2.15 bits per heavy atom. The number of carbonyl (C=O) groups excluding carboxylic acids is 2. The summed E-state index contributed by atoms with van der Waals surface area (Å²) in [5.41, 5.74) is 2.13. The van der Waals surface area contributed by atoms with Gasteiger partial charge in [0, 0.05) is 28.6 Å². The molecule has 0 bridgehead atoms. The molecule has 1 saturated heterocycles. The third-order valence-corrected chi connectivity index (χ3v) is 11.2. The molecule has 15 heteroatoms. The summed E-state index contributed by atoms with van der Waals surface area (Å²) < 4.78 is 21.0. The third kappa shape index (κ3) is 5.06. The Kier molecular flexibility index (Phi) is 8.58. The monoisotopic (exact) mass is 769 g/mol. The minimum absolute atomic E-state index is 0.0210. The molecule has 3 aliphatic rings. The third-order valence-electron chi connectivity index (χ3n) is 10.7. The molecular weight excluding hydrogens is 737 g/mol. The molecule has 54 heavy (non-hydrogen) atoms. The van der Waals surface area contributed by atoms with Crippen molar-refractivity contribution in [1.82, 2.24) is 18.9 Å². The van der Waals surface area contributed by atoms with Crippen molar-refractivity contribution in [3.8, 4) is 28.7 Å². The maximum absolute atomic E-state index is 15.5. The fourth-order valence-corrected chi connectivity index (χ4v) is 8.88. The fraction of sp³-hybridized carbons (Fsp3) is 0.231. The van der Waals surface area contributed by atoms with Gasteiger partial charge in [-0.2, -0.15) is 5.01 Å². The van der Waals surface area contributed by atoms with Gasteiger partial charge in [-0.15, -0.1) is 0 Å². The van der Waals surface area contributed by atoms with Crippen molar-refractivity contribution in [2.45, 2.75) is 30.3 Å². The minimum Gasteiger partial charge on any atom is -0.508 e. The van der Waals surface area contributed by atoms with Gasteiger partial charge < -0.3 is 19.3 Å². The number of aromatic nitrogens is 3. The number of imide groups is 1. The number of hydrazine groups is 1. The van der Waals surface area contributed by atoms with Crippen LogP contribution in [0.15, 0.2) is 106 Å². The molecule has 4 aromatic carbocycles. The Balaban J connectivity index is 1.43. The number of fused-ring (bicyclic) bond motifs is 4. The number of ether oxygens (including phenoxy) is 3. The Bertz CT molecular complexity index is 2470. The Labute approximate surface area is 318 Å². The molecule has 3 heterocycles. The second-order valence-corrected chi connectivity index (χ2v) is 14.0. The van der Waals surface area contributed by atoms with Crippen LogP contribution in [0.2, 0.25) is 10.0 Å². The number of para-hydroxylation sites is 1. The van der Waals surface area contributed by atoms with Crippen molar-refractivity contribution in [3.05, 3.63) is 139 Å². The molecule has 2 N–H and O–H groups in total. The molecule has 276 valence electrons. The maximum atomic E-state index is 15.5. The molecular formula is C39H33Cl2N5O8. The smallest absolute Gasteiger partial charge is 0.352 e. The summed E-state index contributed by atoms with van der Waals surface area (Å²) in [6.45, 7) is -0.0210. The summed E-state index contributed by atoms with van der Waals surface area (Å²) in [5, 5.41) is 12.2. The van der Waals surface area contributed by atoms with Gasteiger partial charge in [0.1, 0.15) is 23.0 Å². The molecule has 4 atom stereocenters. The van der Waals surface area contributed by atoms with Crippen molar-refractivity contribution in [3.63, 3.8) is 0 Å². The van der Waals surface area contributed by atoms with Gasteiger partial charge in [0.15, 0.2) is 0 Å². The fourth-order valence-electron chi connectivity index (χ4n) is 8.43. The zero-order chi connectivity index (χ0) is 38.1. The lowest BCUT2D eigenvalue weighted by Crippen LogP contribution is -2.53. The average Bonchev–Trinajstić information content (AvgIpc) is 3.56. The van der Waals surface area contributed by atoms with E-state index in [2.05, 4.69) is 5.43 Å². The van der Waals surface area contributed by atoms with Crippen LogP contribution in [0, 0.1) is 5.92 Å². The van der Waals surface area contributed by atoms with Crippen molar-refractivity contribution >= 4 is 40.7 Å². The number of aromatic hydroxyl groups is 1. The number of nitrogens with one attached hydrogen (secondary N) is 1. The summed E-state index contributed by atoms with van der Waals surface area (Å²) in [4.78, 5) is 58.9. The Morgan fingerprint density at radius 2 is 1.52 bits per heavy atom. The summed E-state index contributed by atoms with van der Waals surface area (Å²) in [5.74, 6) is -2.70. The van der Waals surface area contributed by atoms with Crippen LogP contribution in [0.5, 0.6) is 23.0 Å². The molecule has 0 unspecified atom stereocenters. The number of hydrogen-bond donors (Lipinski definition) is 2. The van der Waals surface area contributed by atoms with Gasteiger partial charge in [-0.05, 0) is 60.0 Å². The number of rotatable bonds is 8. The summed E-state index contributed by atoms with van der Waals surface area (Å²) in [7, 11) is 4.36. The van der Waals surface area contributed by atoms with E-state index in [0.29, 0.717) is 33.2 Å². The van der Waals surface area contributed by atoms with Crippen molar-refractivity contribution in [2.24, 2.45) is 5.92 Å². The van der Waals surface area contributed by atoms with E-state index in [1.807, 2.05) is 6.08 Å². The van der Waals surface area contributed by atoms with Crippen molar-refractivity contribution < 1.29 is 28.9 Å². The number of nitrogens with zero attached hydrogens (tertiary/aromatic N) is 4. The predicted octanol–water partition coefficient (Wildman–Crippen LogP) is 5.46. The number of methoxy groups -OCH3 is 3. The molecule has 1 aliphatic carbocycles. The molecule has 0 radical (unpaired) electrons. The van der Waals surface area contributed by atoms with Gasteiger partial charge in [0.25, 0.3) is 11.8 Å². The Morgan fingerprint density at radius 1 is 0.833 bits per heavy atom. The van der Waals surface area contributed by atoms with E-state index >= 15 is 9.59 Å². The van der Waals surface area contributed by atoms with Crippen LogP contribution in [0.4, 0.5) is 5.69 Å². The highest BCUT2D eigenvalue weighted by Gasteiger charge is 2.69. The minimum atomic E-state index is -1.71. The van der Waals surface area contributed by atoms with E-state index in [-0.39, 0.29) is 40.9 Å². The van der Waals surface area contributed by atoms with Crippen LogP contribution in [-0.2, 0) is 21.5 Å². The van der Waals surface area contributed by atoms with Crippen LogP contribution >= 0.6 is 23.2 Å². The highest BCUT2D eigenvalue weighted by atomic mass is 35.5. The lowest BCUT2D eigenvalue weighted by Gasteiger charge is -2.49. The number of benzene rings is 4. The average molecular weight is 771 g/mol. The van der Waals surface area contributed by atoms with Crippen LogP contribution in [0.25, 0.3) is 5.69 Å². The van der Waals surface area contributed by atoms with E-state index < -0.39 is 46.5 Å². The number of phenolic OH excluding ortho intramolecular Hbond substituents is 1. The van der Waals surface area contributed by atoms with E-state index in [9.17, 15) is 14.7 Å². The van der Waals surface area contributed by atoms with Crippen molar-refractivity contribution in [2.75, 3.05) is 26.8 Å². The lowest BCUT2D eigenvalue weighted by molar-refractivity contribution is -0.138. The SMILES string of the molecule is COc1ccc([C@@]23C(=O)N(Nc4ccc(Cl)cc4Cl)C(=O)[C@@H]2C[C@@H]2C(=CCn4c(=O)n(-c5ccccc5)c(=O)n42)[C@@H]3c2c(OC)cc(O)cc2OC)cc1. The van der Waals surface area contributed by atoms with E-state index in [1.165, 1.54) is 48.9 Å². The second-order valence-electron chi connectivity index (χ2n) is 13.2. The summed E-state index contributed by atoms with van der Waals surface area (Å²) in [6, 6.07) is 22.0. The number of hydrogen-bond acceptors (Lipinski definition) is 9. The zero-order valence-electron chi connectivity index (χ0n) is 29.2. The number of phenols is 1. The maximum Gasteiger partial charge on any atom is 0.352 e. The molecule has 1 aromatic heterocycles. The largest absolute Gasteiger partial charge is 0.508 e. The number of carbonyl (C=O) groups is 2. The number of halogens is 2. The van der Waals surface area contributed by atoms with E-state index in [1.54, 1.807) is 66.7 Å². The molecule has 13 nitrogen and oxygen atoms in total. The standard InChI is InChI=1S/C39H33Cl2N5O8/c1-52-25-12-9-21(10-13-25)39-27(35(48)45(36(39)49)42-29-14-11-22(40)17-28(29)41)20-30-26(34(39)33-31(53-2)18-24(47)19-32(33)54-3)15-16-43-37(50)44(38(51)46(30)43)23-7-5-4-6-8-23/h4-15,17-19,27,30,34,42,47H,16,20H2,1-3H3/t27-,30+,34+,39+/m0/s1. The molecule has 2 amide bonds. The highest BCUT2D eigenvalue weighted by Crippen LogP contribution is 2.64. The first kappa shape index (κ1) is 35.1. The van der Waals surface area contributed by atoms with Crippen molar-refractivity contribution in [1.29, 1.82) is 0 Å². The van der Waals surface area contributed by atoms with E-state index in [0.717, 1.165) is 9.58 Å². The van der Waals surface area contributed by atoms with Gasteiger partial charge >= 0.3 is 11.4 Å². The molecule has 8 rings (SSSR count). The molecule has 0 spiro atoms. The van der Waals surface area contributed by atoms with Crippen LogP contribution < -0.4 is 31.0 Å². The van der Waals surface area contributed by atoms with Crippen LogP contribution in [0.3, 0.4) is 0 Å². The first-order valence-electron chi connectivity index (χ1n) is 16.9. The molecule has 2 aliphatic heterocycles. The van der Waals surface area contributed by atoms with Crippen LogP contribution in [0.1, 0.15) is 29.5 Å². The number of anilines is 1. The van der Waals surface area contributed by atoms with Gasteiger partial charge in [-0.3, -0.25) is 15.0 Å². The zero-order valence-corrected chi connectivity index (χ0v) is 30.7. The van der Waals surface area contributed by atoms with Gasteiger partial charge in [0.2, 0.25) is 0 Å². The molecule has 5 aromatic rings. The first-order chi connectivity index (χ1) is 26.0. The van der Waals surface area contributed by atoms with Gasteiger partial charge in [-0.25, -0.2) is 23.5 Å². The highest BCUT2D eigenvalue weighted by molar-refractivity contribution is 6.36. The normalized spacial score (nSPS) is 21.5. The van der Waals surface area contributed by atoms with Crippen LogP contribution in [-0.4, -0.2) is 57.2 Å². The number of allylic oxidation sites excluding steroid dienone is 2. The van der Waals surface area contributed by atoms with E-state index in [4.69, 9.17) is 37.4 Å².